The van der Waals surface area contributed by atoms with Crippen LogP contribution < -0.4 is 16.4 Å². The second-order valence-corrected chi connectivity index (χ2v) is 8.09. The van der Waals surface area contributed by atoms with E-state index in [1.807, 2.05) is 25.1 Å². The zero-order valence-electron chi connectivity index (χ0n) is 17.9. The molecule has 1 fully saturated rings. The van der Waals surface area contributed by atoms with Gasteiger partial charge in [-0.15, -0.1) is 0 Å². The quantitative estimate of drug-likeness (QED) is 0.459. The van der Waals surface area contributed by atoms with Crippen LogP contribution in [0.15, 0.2) is 54.9 Å². The number of fused-ring (bicyclic) bond motifs is 1. The van der Waals surface area contributed by atoms with Gasteiger partial charge >= 0.3 is 0 Å². The molecule has 0 bridgehead atoms. The first-order valence-electron chi connectivity index (χ1n) is 10.8. The molecule has 8 heteroatoms. The van der Waals surface area contributed by atoms with Gasteiger partial charge in [-0.1, -0.05) is 18.2 Å². The number of aryl methyl sites for hydroxylation is 1. The average Bonchev–Trinajstić information content (AvgIpc) is 3.25. The van der Waals surface area contributed by atoms with Crippen LogP contribution in [-0.4, -0.2) is 38.7 Å². The van der Waals surface area contributed by atoms with E-state index in [9.17, 15) is 4.79 Å². The van der Waals surface area contributed by atoms with Crippen LogP contribution in [0.4, 0.5) is 11.6 Å². The summed E-state index contributed by atoms with van der Waals surface area (Å²) in [5.74, 6) is 0.769. The van der Waals surface area contributed by atoms with E-state index in [1.54, 1.807) is 36.7 Å². The third-order valence-electron chi connectivity index (χ3n) is 5.88. The number of nitrogen functional groups attached to an aromatic ring is 1. The lowest BCUT2D eigenvalue weighted by atomic mass is 10.0. The molecule has 1 saturated heterocycles. The lowest BCUT2D eigenvalue weighted by molar-refractivity contribution is 0.102. The zero-order valence-corrected chi connectivity index (χ0v) is 17.9. The number of rotatable bonds is 4. The number of nitrogens with zero attached hydrogens (tertiary/aromatic N) is 4. The molecule has 3 aromatic heterocycles. The van der Waals surface area contributed by atoms with Crippen LogP contribution in [0, 0.1) is 6.92 Å². The van der Waals surface area contributed by atoms with Gasteiger partial charge in [-0.25, -0.2) is 9.97 Å². The van der Waals surface area contributed by atoms with Crippen molar-refractivity contribution in [1.29, 1.82) is 0 Å². The molecule has 4 aromatic rings. The van der Waals surface area contributed by atoms with Crippen molar-refractivity contribution in [2.75, 3.05) is 24.1 Å². The maximum absolute atomic E-state index is 12.6. The highest BCUT2D eigenvalue weighted by Gasteiger charge is 2.24. The number of amides is 1. The van der Waals surface area contributed by atoms with Crippen LogP contribution in [0.25, 0.3) is 22.2 Å². The van der Waals surface area contributed by atoms with Crippen molar-refractivity contribution in [3.63, 3.8) is 0 Å². The predicted molar refractivity (Wildman–Crippen MR) is 125 cm³/mol. The number of nitrogens with two attached hydrogens (primary N) is 1. The SMILES string of the molecule is Cc1cnc(N)c2c(-c3ccc(C(=O)Nc4ccccn4)cc3)nn(C3CCCNC3)c12. The lowest BCUT2D eigenvalue weighted by Gasteiger charge is -2.24. The standard InChI is InChI=1S/C24H25N7O/c1-15-13-28-23(25)20-21(30-31(22(15)20)18-5-4-11-26-14-18)16-7-9-17(10-8-16)24(32)29-19-6-2-3-12-27-19/h2-3,6-10,12-13,18,26H,4-5,11,14H2,1H3,(H2,25,28)(H,27,29,32). The number of nitrogens with one attached hydrogen (secondary N) is 2. The Morgan fingerprint density at radius 1 is 1.19 bits per heavy atom. The molecule has 8 nitrogen and oxygen atoms in total. The number of piperidine rings is 1. The summed E-state index contributed by atoms with van der Waals surface area (Å²) in [6.07, 6.45) is 5.63. The van der Waals surface area contributed by atoms with Gasteiger partial charge in [-0.3, -0.25) is 9.48 Å². The summed E-state index contributed by atoms with van der Waals surface area (Å²) < 4.78 is 2.10. The molecule has 32 heavy (non-hydrogen) atoms. The molecule has 162 valence electrons. The van der Waals surface area contributed by atoms with E-state index in [4.69, 9.17) is 10.8 Å². The number of anilines is 2. The van der Waals surface area contributed by atoms with Gasteiger partial charge in [0.2, 0.25) is 0 Å². The Morgan fingerprint density at radius 3 is 2.75 bits per heavy atom. The Kier molecular flexibility index (Phi) is 5.28. The van der Waals surface area contributed by atoms with Crippen molar-refractivity contribution in [2.24, 2.45) is 0 Å². The van der Waals surface area contributed by atoms with E-state index in [-0.39, 0.29) is 11.9 Å². The van der Waals surface area contributed by atoms with Crippen LogP contribution in [0.1, 0.15) is 34.8 Å². The number of hydrogen-bond acceptors (Lipinski definition) is 6. The molecule has 4 heterocycles. The minimum absolute atomic E-state index is 0.212. The maximum atomic E-state index is 12.6. The van der Waals surface area contributed by atoms with Gasteiger partial charge < -0.3 is 16.4 Å². The fourth-order valence-corrected chi connectivity index (χ4v) is 4.26. The first-order chi connectivity index (χ1) is 15.6. The van der Waals surface area contributed by atoms with Crippen molar-refractivity contribution in [1.82, 2.24) is 25.1 Å². The summed E-state index contributed by atoms with van der Waals surface area (Å²) in [7, 11) is 0. The first kappa shape index (κ1) is 20.1. The summed E-state index contributed by atoms with van der Waals surface area (Å²) in [6.45, 7) is 3.95. The summed E-state index contributed by atoms with van der Waals surface area (Å²) in [4.78, 5) is 21.1. The Bertz CT molecular complexity index is 1260. The van der Waals surface area contributed by atoms with Crippen LogP contribution in [-0.2, 0) is 0 Å². The Hall–Kier alpha value is -3.78. The number of carbonyl (C=O) groups excluding carboxylic acids is 1. The molecule has 0 saturated carbocycles. The van der Waals surface area contributed by atoms with E-state index < -0.39 is 0 Å². The average molecular weight is 428 g/mol. The zero-order chi connectivity index (χ0) is 22.1. The number of benzene rings is 1. The molecule has 1 amide bonds. The van der Waals surface area contributed by atoms with Crippen molar-refractivity contribution in [3.8, 4) is 11.3 Å². The van der Waals surface area contributed by atoms with E-state index >= 15 is 0 Å². The highest BCUT2D eigenvalue weighted by Crippen LogP contribution is 2.35. The summed E-state index contributed by atoms with van der Waals surface area (Å²) in [5.41, 5.74) is 10.6. The highest BCUT2D eigenvalue weighted by atomic mass is 16.1. The second kappa shape index (κ2) is 8.39. The second-order valence-electron chi connectivity index (χ2n) is 8.09. The Morgan fingerprint density at radius 2 is 2.03 bits per heavy atom. The molecule has 1 atom stereocenters. The van der Waals surface area contributed by atoms with Crippen molar-refractivity contribution < 1.29 is 4.79 Å². The van der Waals surface area contributed by atoms with Crippen LogP contribution in [0.5, 0.6) is 0 Å². The van der Waals surface area contributed by atoms with Crippen LogP contribution in [0.3, 0.4) is 0 Å². The maximum Gasteiger partial charge on any atom is 0.256 e. The normalized spacial score (nSPS) is 16.2. The fourth-order valence-electron chi connectivity index (χ4n) is 4.26. The first-order valence-corrected chi connectivity index (χ1v) is 10.8. The van der Waals surface area contributed by atoms with Gasteiger partial charge in [-0.2, -0.15) is 5.10 Å². The molecule has 1 aliphatic rings. The molecule has 5 rings (SSSR count). The molecule has 1 aliphatic heterocycles. The van der Waals surface area contributed by atoms with Gasteiger partial charge in [-0.05, 0) is 56.1 Å². The Balaban J connectivity index is 1.52. The van der Waals surface area contributed by atoms with Gasteiger partial charge in [0.15, 0.2) is 0 Å². The third-order valence-corrected chi connectivity index (χ3v) is 5.88. The molecule has 0 spiro atoms. The van der Waals surface area contributed by atoms with Crippen LogP contribution >= 0.6 is 0 Å². The molecule has 0 radical (unpaired) electrons. The smallest absolute Gasteiger partial charge is 0.256 e. The lowest BCUT2D eigenvalue weighted by Crippen LogP contribution is -2.32. The largest absolute Gasteiger partial charge is 0.383 e. The number of pyridine rings is 2. The van der Waals surface area contributed by atoms with E-state index in [2.05, 4.69) is 25.3 Å². The summed E-state index contributed by atoms with van der Waals surface area (Å²) in [5, 5.41) is 12.1. The minimum Gasteiger partial charge on any atom is -0.383 e. The number of aromatic nitrogens is 4. The molecule has 4 N–H and O–H groups in total. The molecule has 1 aromatic carbocycles. The van der Waals surface area contributed by atoms with Crippen molar-refractivity contribution >= 4 is 28.4 Å². The summed E-state index contributed by atoms with van der Waals surface area (Å²) >= 11 is 0. The minimum atomic E-state index is -0.212. The van der Waals surface area contributed by atoms with Gasteiger partial charge in [0.1, 0.15) is 17.3 Å². The van der Waals surface area contributed by atoms with Crippen molar-refractivity contribution in [3.05, 3.63) is 66.0 Å². The van der Waals surface area contributed by atoms with E-state index in [0.717, 1.165) is 53.7 Å². The van der Waals surface area contributed by atoms with Crippen LogP contribution in [0.2, 0.25) is 0 Å². The monoisotopic (exact) mass is 427 g/mol. The third kappa shape index (κ3) is 3.69. The summed E-state index contributed by atoms with van der Waals surface area (Å²) in [6, 6.07) is 13.0. The van der Waals surface area contributed by atoms with E-state index in [1.165, 1.54) is 0 Å². The fraction of sp³-hybridized carbons (Fsp3) is 0.250. The number of hydrogen-bond donors (Lipinski definition) is 3. The van der Waals surface area contributed by atoms with Crippen molar-refractivity contribution in [2.45, 2.75) is 25.8 Å². The highest BCUT2D eigenvalue weighted by molar-refractivity contribution is 6.05. The van der Waals surface area contributed by atoms with Gasteiger partial charge in [0, 0.05) is 30.1 Å². The van der Waals surface area contributed by atoms with Gasteiger partial charge in [0.25, 0.3) is 5.91 Å². The van der Waals surface area contributed by atoms with E-state index in [0.29, 0.717) is 17.2 Å². The topological polar surface area (TPSA) is 111 Å². The van der Waals surface area contributed by atoms with Gasteiger partial charge in [0.05, 0.1) is 16.9 Å². The Labute approximate surface area is 185 Å². The molecular formula is C24H25N7O. The number of carbonyl (C=O) groups is 1. The predicted octanol–water partition coefficient (Wildman–Crippen LogP) is 3.56. The molecule has 1 unspecified atom stereocenters. The molecular weight excluding hydrogens is 402 g/mol. The molecule has 0 aliphatic carbocycles.